The number of fused-ring (bicyclic) bond motifs is 1. The average molecular weight is 244 g/mol. The van der Waals surface area contributed by atoms with E-state index in [1.807, 2.05) is 0 Å². The lowest BCUT2D eigenvalue weighted by Gasteiger charge is -2.38. The minimum atomic E-state index is 0.654. The second kappa shape index (κ2) is 4.93. The molecule has 0 spiro atoms. The van der Waals surface area contributed by atoms with Gasteiger partial charge < -0.3 is 5.32 Å². The second-order valence-electron chi connectivity index (χ2n) is 5.85. The summed E-state index contributed by atoms with van der Waals surface area (Å²) in [5.41, 5.74) is 5.74. The maximum absolute atomic E-state index is 3.57. The molecule has 2 aliphatic heterocycles. The SMILES string of the molecule is Cc1cc2c(cc1C)C(N1CCCCC1)CCN2. The quantitative estimate of drug-likeness (QED) is 0.811. The van der Waals surface area contributed by atoms with E-state index < -0.39 is 0 Å². The Morgan fingerprint density at radius 3 is 2.56 bits per heavy atom. The fraction of sp³-hybridized carbons (Fsp3) is 0.625. The maximum atomic E-state index is 3.57. The van der Waals surface area contributed by atoms with Crippen molar-refractivity contribution in [1.82, 2.24) is 4.90 Å². The molecule has 1 saturated heterocycles. The molecule has 0 radical (unpaired) electrons. The van der Waals surface area contributed by atoms with Gasteiger partial charge in [0, 0.05) is 18.3 Å². The third-order valence-electron chi connectivity index (χ3n) is 4.59. The molecule has 0 saturated carbocycles. The molecule has 0 aliphatic carbocycles. The first-order chi connectivity index (χ1) is 8.75. The second-order valence-corrected chi connectivity index (χ2v) is 5.85. The first kappa shape index (κ1) is 12.0. The van der Waals surface area contributed by atoms with E-state index in [1.54, 1.807) is 0 Å². The van der Waals surface area contributed by atoms with Crippen LogP contribution in [0.4, 0.5) is 5.69 Å². The molecule has 1 fully saturated rings. The van der Waals surface area contributed by atoms with Gasteiger partial charge in [0.1, 0.15) is 0 Å². The molecule has 3 rings (SSSR count). The predicted octanol–water partition coefficient (Wildman–Crippen LogP) is 3.65. The van der Waals surface area contributed by atoms with Crippen LogP contribution < -0.4 is 5.32 Å². The highest BCUT2D eigenvalue weighted by atomic mass is 15.2. The normalized spacial score (nSPS) is 24.4. The molecule has 2 heteroatoms. The Hall–Kier alpha value is -1.02. The lowest BCUT2D eigenvalue weighted by atomic mass is 9.91. The highest BCUT2D eigenvalue weighted by Crippen LogP contribution is 2.37. The molecule has 1 unspecified atom stereocenters. The molecule has 0 amide bonds. The summed E-state index contributed by atoms with van der Waals surface area (Å²) in [6.07, 6.45) is 5.44. The van der Waals surface area contributed by atoms with Crippen LogP contribution in [-0.4, -0.2) is 24.5 Å². The zero-order valence-electron chi connectivity index (χ0n) is 11.6. The molecule has 98 valence electrons. The van der Waals surface area contributed by atoms with E-state index in [1.165, 1.54) is 61.2 Å². The number of benzene rings is 1. The van der Waals surface area contributed by atoms with Gasteiger partial charge in [-0.3, -0.25) is 4.90 Å². The molecule has 2 nitrogen and oxygen atoms in total. The number of piperidine rings is 1. The van der Waals surface area contributed by atoms with Crippen LogP contribution in [0.25, 0.3) is 0 Å². The van der Waals surface area contributed by atoms with Crippen LogP contribution in [0.1, 0.15) is 48.4 Å². The number of hydrogen-bond donors (Lipinski definition) is 1. The van der Waals surface area contributed by atoms with Gasteiger partial charge in [-0.2, -0.15) is 0 Å². The zero-order valence-corrected chi connectivity index (χ0v) is 11.6. The average Bonchev–Trinajstić information content (AvgIpc) is 2.40. The van der Waals surface area contributed by atoms with Gasteiger partial charge in [0.2, 0.25) is 0 Å². The van der Waals surface area contributed by atoms with Crippen molar-refractivity contribution < 1.29 is 0 Å². The molecule has 2 aliphatic rings. The molecule has 18 heavy (non-hydrogen) atoms. The molecular weight excluding hydrogens is 220 g/mol. The summed E-state index contributed by atoms with van der Waals surface area (Å²) in [4.78, 5) is 2.71. The van der Waals surface area contributed by atoms with Crippen molar-refractivity contribution in [1.29, 1.82) is 0 Å². The molecule has 1 atom stereocenters. The summed E-state index contributed by atoms with van der Waals surface area (Å²) in [7, 11) is 0. The molecule has 2 heterocycles. The smallest absolute Gasteiger partial charge is 0.0391 e. The van der Waals surface area contributed by atoms with Crippen molar-refractivity contribution in [2.75, 3.05) is 25.0 Å². The first-order valence-electron chi connectivity index (χ1n) is 7.35. The Balaban J connectivity index is 1.92. The monoisotopic (exact) mass is 244 g/mol. The van der Waals surface area contributed by atoms with E-state index in [0.717, 1.165) is 6.54 Å². The van der Waals surface area contributed by atoms with Crippen LogP contribution in [0.2, 0.25) is 0 Å². The fourth-order valence-electron chi connectivity index (χ4n) is 3.38. The lowest BCUT2D eigenvalue weighted by molar-refractivity contribution is 0.156. The Morgan fingerprint density at radius 1 is 1.06 bits per heavy atom. The van der Waals surface area contributed by atoms with E-state index in [9.17, 15) is 0 Å². The number of nitrogens with one attached hydrogen (secondary N) is 1. The lowest BCUT2D eigenvalue weighted by Crippen LogP contribution is -2.36. The number of hydrogen-bond acceptors (Lipinski definition) is 2. The highest BCUT2D eigenvalue weighted by Gasteiger charge is 2.27. The minimum Gasteiger partial charge on any atom is -0.385 e. The van der Waals surface area contributed by atoms with Crippen LogP contribution in [0.3, 0.4) is 0 Å². The number of anilines is 1. The van der Waals surface area contributed by atoms with E-state index in [-0.39, 0.29) is 0 Å². The molecule has 0 aromatic heterocycles. The Labute approximate surface area is 110 Å². The summed E-state index contributed by atoms with van der Waals surface area (Å²) in [5.74, 6) is 0. The van der Waals surface area contributed by atoms with Gasteiger partial charge in [-0.15, -0.1) is 0 Å². The Kier molecular flexibility index (Phi) is 3.29. The zero-order chi connectivity index (χ0) is 12.5. The molecule has 0 bridgehead atoms. The van der Waals surface area contributed by atoms with Crippen molar-refractivity contribution in [3.63, 3.8) is 0 Å². The first-order valence-corrected chi connectivity index (χ1v) is 7.35. The van der Waals surface area contributed by atoms with Crippen molar-refractivity contribution in [3.05, 3.63) is 28.8 Å². The van der Waals surface area contributed by atoms with Gasteiger partial charge in [-0.1, -0.05) is 12.5 Å². The summed E-state index contributed by atoms with van der Waals surface area (Å²) < 4.78 is 0. The standard InChI is InChI=1S/C16H24N2/c1-12-10-14-15(11-13(12)2)17-7-6-16(14)18-8-4-3-5-9-18/h10-11,16-17H,3-9H2,1-2H3. The summed E-state index contributed by atoms with van der Waals surface area (Å²) in [5, 5.41) is 3.57. The van der Waals surface area contributed by atoms with E-state index in [4.69, 9.17) is 0 Å². The number of likely N-dealkylation sites (tertiary alicyclic amines) is 1. The third kappa shape index (κ3) is 2.14. The van der Waals surface area contributed by atoms with Crippen molar-refractivity contribution >= 4 is 5.69 Å². The van der Waals surface area contributed by atoms with Gasteiger partial charge in [-0.05, 0) is 69.0 Å². The fourth-order valence-corrected chi connectivity index (χ4v) is 3.38. The van der Waals surface area contributed by atoms with E-state index in [2.05, 4.69) is 36.2 Å². The summed E-state index contributed by atoms with van der Waals surface area (Å²) >= 11 is 0. The maximum Gasteiger partial charge on any atom is 0.0391 e. The van der Waals surface area contributed by atoms with Gasteiger partial charge >= 0.3 is 0 Å². The van der Waals surface area contributed by atoms with Crippen molar-refractivity contribution in [2.24, 2.45) is 0 Å². The summed E-state index contributed by atoms with van der Waals surface area (Å²) in [6.45, 7) is 8.14. The predicted molar refractivity (Wildman–Crippen MR) is 77.2 cm³/mol. The van der Waals surface area contributed by atoms with Crippen LogP contribution in [-0.2, 0) is 0 Å². The minimum absolute atomic E-state index is 0.654. The van der Waals surface area contributed by atoms with Gasteiger partial charge in [-0.25, -0.2) is 0 Å². The van der Waals surface area contributed by atoms with Crippen molar-refractivity contribution in [3.8, 4) is 0 Å². The topological polar surface area (TPSA) is 15.3 Å². The number of rotatable bonds is 1. The Bertz CT molecular complexity index is 433. The van der Waals surface area contributed by atoms with Crippen LogP contribution in [0.15, 0.2) is 12.1 Å². The largest absolute Gasteiger partial charge is 0.385 e. The van der Waals surface area contributed by atoms with Crippen molar-refractivity contribution in [2.45, 2.75) is 45.6 Å². The summed E-state index contributed by atoms with van der Waals surface area (Å²) in [6, 6.07) is 5.40. The highest BCUT2D eigenvalue weighted by molar-refractivity contribution is 5.58. The molecule has 1 aromatic rings. The van der Waals surface area contributed by atoms with Gasteiger partial charge in [0.15, 0.2) is 0 Å². The van der Waals surface area contributed by atoms with Gasteiger partial charge in [0.05, 0.1) is 0 Å². The number of nitrogens with zero attached hydrogens (tertiary/aromatic N) is 1. The van der Waals surface area contributed by atoms with Crippen LogP contribution in [0.5, 0.6) is 0 Å². The number of aryl methyl sites for hydroxylation is 2. The van der Waals surface area contributed by atoms with E-state index >= 15 is 0 Å². The molecule has 1 N–H and O–H groups in total. The van der Waals surface area contributed by atoms with E-state index in [0.29, 0.717) is 6.04 Å². The third-order valence-corrected chi connectivity index (χ3v) is 4.59. The van der Waals surface area contributed by atoms with Crippen LogP contribution in [0, 0.1) is 13.8 Å². The Morgan fingerprint density at radius 2 is 1.78 bits per heavy atom. The molecular formula is C16H24N2. The van der Waals surface area contributed by atoms with Crippen LogP contribution >= 0.6 is 0 Å². The molecule has 1 aromatic carbocycles. The van der Waals surface area contributed by atoms with Gasteiger partial charge in [0.25, 0.3) is 0 Å².